The molecule has 2 aliphatic rings. The highest BCUT2D eigenvalue weighted by Gasteiger charge is 2.22. The van der Waals surface area contributed by atoms with E-state index in [-0.39, 0.29) is 5.91 Å². The number of amides is 1. The number of benzene rings is 3. The Bertz CT molecular complexity index is 1240. The molecule has 0 radical (unpaired) electrons. The molecular weight excluding hydrogens is 512 g/mol. The number of aldehydes is 1. The zero-order valence-electron chi connectivity index (χ0n) is 24.0. The van der Waals surface area contributed by atoms with Gasteiger partial charge in [0.15, 0.2) is 6.29 Å². The third kappa shape index (κ3) is 8.27. The molecule has 2 aliphatic heterocycles. The third-order valence-corrected chi connectivity index (χ3v) is 8.32. The van der Waals surface area contributed by atoms with Crippen LogP contribution in [0, 0.1) is 0 Å². The zero-order chi connectivity index (χ0) is 28.3. The van der Waals surface area contributed by atoms with Crippen molar-refractivity contribution in [2.75, 3.05) is 39.4 Å². The van der Waals surface area contributed by atoms with Crippen molar-refractivity contribution in [2.45, 2.75) is 57.4 Å². The average molecular weight is 555 g/mol. The Kier molecular flexibility index (Phi) is 10.6. The minimum absolute atomic E-state index is 0.0410. The molecule has 6 heteroatoms. The van der Waals surface area contributed by atoms with Gasteiger partial charge in [0, 0.05) is 51.5 Å². The van der Waals surface area contributed by atoms with Gasteiger partial charge in [-0.3, -0.25) is 14.5 Å². The maximum Gasteiger partial charge on any atom is 0.253 e. The van der Waals surface area contributed by atoms with Gasteiger partial charge in [0.1, 0.15) is 11.5 Å². The van der Waals surface area contributed by atoms with E-state index in [1.165, 1.54) is 36.8 Å². The first kappa shape index (κ1) is 29.0. The summed E-state index contributed by atoms with van der Waals surface area (Å²) in [6.45, 7) is 5.66. The van der Waals surface area contributed by atoms with Crippen molar-refractivity contribution in [1.82, 2.24) is 9.80 Å². The van der Waals surface area contributed by atoms with Crippen molar-refractivity contribution in [1.29, 1.82) is 0 Å². The number of hydrogen-bond acceptors (Lipinski definition) is 5. The lowest BCUT2D eigenvalue weighted by atomic mass is 9.89. The summed E-state index contributed by atoms with van der Waals surface area (Å²) in [6.07, 6.45) is 9.05. The van der Waals surface area contributed by atoms with Crippen LogP contribution in [0.2, 0.25) is 0 Å². The molecule has 5 rings (SSSR count). The second-order valence-electron chi connectivity index (χ2n) is 11.2. The second-order valence-corrected chi connectivity index (χ2v) is 11.2. The first-order valence-electron chi connectivity index (χ1n) is 15.2. The van der Waals surface area contributed by atoms with Crippen LogP contribution < -0.4 is 4.74 Å². The van der Waals surface area contributed by atoms with E-state index in [9.17, 15) is 9.59 Å². The number of carbonyl (C=O) groups excluding carboxylic acids is 2. The van der Waals surface area contributed by atoms with E-state index in [4.69, 9.17) is 9.47 Å². The second kappa shape index (κ2) is 14.9. The molecule has 0 aliphatic carbocycles. The van der Waals surface area contributed by atoms with Crippen LogP contribution in [0.1, 0.15) is 82.7 Å². The van der Waals surface area contributed by atoms with Crippen LogP contribution in [-0.2, 0) is 11.3 Å². The van der Waals surface area contributed by atoms with Crippen LogP contribution in [0.3, 0.4) is 0 Å². The molecule has 41 heavy (non-hydrogen) atoms. The van der Waals surface area contributed by atoms with Crippen LogP contribution in [0.5, 0.6) is 11.5 Å². The SMILES string of the molecule is O=Cc1cc(C2CCCCCCCOCC2)ccc1Oc1ccc(C(=O)N2CCN(Cc3ccccc3)CC2)cc1. The van der Waals surface area contributed by atoms with Crippen molar-refractivity contribution in [2.24, 2.45) is 0 Å². The maximum absolute atomic E-state index is 13.1. The number of carbonyl (C=O) groups is 2. The molecule has 6 nitrogen and oxygen atoms in total. The van der Waals surface area contributed by atoms with E-state index in [1.54, 1.807) is 0 Å². The highest BCUT2D eigenvalue weighted by atomic mass is 16.5. The number of rotatable bonds is 7. The quantitative estimate of drug-likeness (QED) is 0.292. The van der Waals surface area contributed by atoms with Gasteiger partial charge in [-0.2, -0.15) is 0 Å². The molecule has 2 fully saturated rings. The highest BCUT2D eigenvalue weighted by molar-refractivity contribution is 5.94. The van der Waals surface area contributed by atoms with E-state index in [2.05, 4.69) is 35.2 Å². The van der Waals surface area contributed by atoms with E-state index in [0.29, 0.717) is 41.6 Å². The first-order valence-corrected chi connectivity index (χ1v) is 15.2. The molecule has 0 aromatic heterocycles. The Morgan fingerprint density at radius 1 is 0.829 bits per heavy atom. The van der Waals surface area contributed by atoms with Crippen molar-refractivity contribution in [3.8, 4) is 11.5 Å². The number of hydrogen-bond donors (Lipinski definition) is 0. The van der Waals surface area contributed by atoms with Gasteiger partial charge in [-0.05, 0) is 72.7 Å². The Morgan fingerprint density at radius 2 is 1.59 bits per heavy atom. The van der Waals surface area contributed by atoms with E-state index >= 15 is 0 Å². The maximum atomic E-state index is 13.1. The smallest absolute Gasteiger partial charge is 0.253 e. The van der Waals surface area contributed by atoms with Crippen LogP contribution >= 0.6 is 0 Å². The van der Waals surface area contributed by atoms with Gasteiger partial charge in [-0.15, -0.1) is 0 Å². The van der Waals surface area contributed by atoms with Crippen molar-refractivity contribution in [3.63, 3.8) is 0 Å². The summed E-state index contributed by atoms with van der Waals surface area (Å²) in [7, 11) is 0. The Morgan fingerprint density at radius 3 is 2.37 bits per heavy atom. The largest absolute Gasteiger partial charge is 0.457 e. The first-order chi connectivity index (χ1) is 20.2. The fraction of sp³-hybridized carbons (Fsp3) is 0.429. The topological polar surface area (TPSA) is 59.1 Å². The van der Waals surface area contributed by atoms with Crippen molar-refractivity contribution >= 4 is 12.2 Å². The molecule has 0 saturated carbocycles. The van der Waals surface area contributed by atoms with Gasteiger partial charge < -0.3 is 14.4 Å². The van der Waals surface area contributed by atoms with Crippen LogP contribution in [0.15, 0.2) is 72.8 Å². The molecule has 1 atom stereocenters. The lowest BCUT2D eigenvalue weighted by Crippen LogP contribution is -2.48. The molecule has 0 spiro atoms. The van der Waals surface area contributed by atoms with Crippen LogP contribution in [0.25, 0.3) is 0 Å². The number of nitrogens with zero attached hydrogens (tertiary/aromatic N) is 2. The van der Waals surface area contributed by atoms with Gasteiger partial charge >= 0.3 is 0 Å². The fourth-order valence-corrected chi connectivity index (χ4v) is 5.86. The van der Waals surface area contributed by atoms with Gasteiger partial charge in [0.05, 0.1) is 5.56 Å². The van der Waals surface area contributed by atoms with Gasteiger partial charge in [-0.1, -0.05) is 62.1 Å². The molecule has 0 bridgehead atoms. The number of ether oxygens (including phenoxy) is 2. The summed E-state index contributed by atoms with van der Waals surface area (Å²) >= 11 is 0. The normalized spacial score (nSPS) is 19.2. The Hall–Kier alpha value is -3.48. The molecule has 2 heterocycles. The molecule has 1 amide bonds. The molecule has 2 saturated heterocycles. The van der Waals surface area contributed by atoms with Crippen molar-refractivity contribution in [3.05, 3.63) is 95.1 Å². The molecule has 0 N–H and O–H groups in total. The summed E-state index contributed by atoms with van der Waals surface area (Å²) in [4.78, 5) is 29.5. The lowest BCUT2D eigenvalue weighted by molar-refractivity contribution is 0.0628. The molecular formula is C35H42N2O4. The molecule has 1 unspecified atom stereocenters. The van der Waals surface area contributed by atoms with E-state index < -0.39 is 0 Å². The number of piperazine rings is 1. The van der Waals surface area contributed by atoms with Crippen LogP contribution in [-0.4, -0.2) is 61.4 Å². The summed E-state index contributed by atoms with van der Waals surface area (Å²) in [5, 5.41) is 0. The van der Waals surface area contributed by atoms with Gasteiger partial charge in [0.25, 0.3) is 5.91 Å². The van der Waals surface area contributed by atoms with E-state index in [1.807, 2.05) is 47.4 Å². The standard InChI is InChI=1S/C35H42N2O4/c38-27-32-25-31(29-11-7-2-1-3-8-23-40-24-18-29)14-17-34(32)41-33-15-12-30(13-16-33)35(39)37-21-19-36(20-22-37)26-28-9-5-4-6-10-28/h4-6,9-10,12-17,25,27,29H,1-3,7-8,11,18-24,26H2. The summed E-state index contributed by atoms with van der Waals surface area (Å²) in [6, 6.07) is 23.7. The average Bonchev–Trinajstić information content (AvgIpc) is 3.08. The molecule has 216 valence electrons. The minimum Gasteiger partial charge on any atom is -0.457 e. The summed E-state index contributed by atoms with van der Waals surface area (Å²) in [5.41, 5.74) is 3.66. The monoisotopic (exact) mass is 554 g/mol. The summed E-state index contributed by atoms with van der Waals surface area (Å²) < 4.78 is 11.9. The van der Waals surface area contributed by atoms with Gasteiger partial charge in [-0.25, -0.2) is 0 Å². The fourth-order valence-electron chi connectivity index (χ4n) is 5.86. The molecule has 3 aromatic carbocycles. The van der Waals surface area contributed by atoms with Crippen molar-refractivity contribution < 1.29 is 19.1 Å². The van der Waals surface area contributed by atoms with Crippen LogP contribution in [0.4, 0.5) is 0 Å². The Labute approximate surface area is 244 Å². The third-order valence-electron chi connectivity index (χ3n) is 8.32. The minimum atomic E-state index is 0.0410. The zero-order valence-corrected chi connectivity index (χ0v) is 24.0. The van der Waals surface area contributed by atoms with Gasteiger partial charge in [0.2, 0.25) is 0 Å². The van der Waals surface area contributed by atoms with E-state index in [0.717, 1.165) is 58.4 Å². The predicted octanol–water partition coefficient (Wildman–Crippen LogP) is 7.09. The molecule has 3 aromatic rings. The predicted molar refractivity (Wildman–Crippen MR) is 162 cm³/mol. The lowest BCUT2D eigenvalue weighted by Gasteiger charge is -2.34. The summed E-state index contributed by atoms with van der Waals surface area (Å²) in [5.74, 6) is 1.56. The highest BCUT2D eigenvalue weighted by Crippen LogP contribution is 2.32. The Balaban J connectivity index is 1.17.